The second-order valence-corrected chi connectivity index (χ2v) is 7.01. The number of ether oxygens (including phenoxy) is 1. The van der Waals surface area contributed by atoms with Crippen LogP contribution in [0.2, 0.25) is 0 Å². The number of aryl methyl sites for hydroxylation is 2. The molecule has 2 aromatic rings. The normalized spacial score (nSPS) is 16.4. The molecule has 1 unspecified atom stereocenters. The van der Waals surface area contributed by atoms with Crippen molar-refractivity contribution in [3.05, 3.63) is 70.4 Å². The van der Waals surface area contributed by atoms with Gasteiger partial charge in [0.2, 0.25) is 0 Å². The zero-order chi connectivity index (χ0) is 19.6. The molecule has 5 nitrogen and oxygen atoms in total. The summed E-state index contributed by atoms with van der Waals surface area (Å²) in [5.74, 6) is 0.552. The first-order chi connectivity index (χ1) is 12.9. The molecule has 140 valence electrons. The first kappa shape index (κ1) is 18.9. The molecule has 1 aliphatic rings. The summed E-state index contributed by atoms with van der Waals surface area (Å²) in [6.07, 6.45) is 0. The lowest BCUT2D eigenvalue weighted by Crippen LogP contribution is -2.45. The molecule has 0 saturated carbocycles. The summed E-state index contributed by atoms with van der Waals surface area (Å²) in [6, 6.07) is 13.1. The van der Waals surface area contributed by atoms with Crippen LogP contribution in [0.3, 0.4) is 0 Å². The Morgan fingerprint density at radius 3 is 2.59 bits per heavy atom. The summed E-state index contributed by atoms with van der Waals surface area (Å²) >= 11 is 5.30. The summed E-state index contributed by atoms with van der Waals surface area (Å²) < 4.78 is 5.32. The Labute approximate surface area is 164 Å². The summed E-state index contributed by atoms with van der Waals surface area (Å²) in [4.78, 5) is 13.1. The first-order valence-electron chi connectivity index (χ1n) is 8.70. The topological polar surface area (TPSA) is 62.4 Å². The van der Waals surface area contributed by atoms with Crippen LogP contribution in [-0.4, -0.2) is 18.1 Å². The number of benzene rings is 2. The number of anilines is 1. The lowest BCUT2D eigenvalue weighted by molar-refractivity contribution is -0.113. The number of allylic oxidation sites excluding steroid dienone is 1. The van der Waals surface area contributed by atoms with Gasteiger partial charge in [-0.05, 0) is 73.9 Å². The van der Waals surface area contributed by atoms with Gasteiger partial charge >= 0.3 is 0 Å². The van der Waals surface area contributed by atoms with Gasteiger partial charge in [-0.15, -0.1) is 0 Å². The van der Waals surface area contributed by atoms with Crippen LogP contribution in [0, 0.1) is 13.8 Å². The number of nitrogens with one attached hydrogen (secondary N) is 3. The molecule has 1 heterocycles. The van der Waals surface area contributed by atoms with Crippen molar-refractivity contribution >= 4 is 28.9 Å². The van der Waals surface area contributed by atoms with Crippen molar-refractivity contribution in [2.75, 3.05) is 12.4 Å². The largest absolute Gasteiger partial charge is 0.497 e. The number of carbonyl (C=O) groups excluding carboxylic acids is 1. The van der Waals surface area contributed by atoms with Gasteiger partial charge in [-0.25, -0.2) is 0 Å². The molecule has 3 N–H and O–H groups in total. The van der Waals surface area contributed by atoms with Crippen molar-refractivity contribution < 1.29 is 9.53 Å². The van der Waals surface area contributed by atoms with Crippen LogP contribution >= 0.6 is 12.2 Å². The van der Waals surface area contributed by atoms with Gasteiger partial charge in [0.25, 0.3) is 5.91 Å². The average molecular weight is 382 g/mol. The van der Waals surface area contributed by atoms with Crippen LogP contribution in [0.5, 0.6) is 5.75 Å². The Kier molecular flexibility index (Phi) is 5.46. The molecule has 1 atom stereocenters. The highest BCUT2D eigenvalue weighted by Crippen LogP contribution is 2.30. The van der Waals surface area contributed by atoms with Crippen LogP contribution in [0.1, 0.15) is 29.7 Å². The molecule has 0 fully saturated rings. The minimum atomic E-state index is -0.361. The molecule has 3 rings (SSSR count). The molecule has 6 heteroatoms. The molecule has 0 spiro atoms. The van der Waals surface area contributed by atoms with Gasteiger partial charge in [0.1, 0.15) is 5.75 Å². The molecule has 0 saturated heterocycles. The fraction of sp³-hybridized carbons (Fsp3) is 0.238. The number of rotatable bonds is 4. The number of hydrogen-bond donors (Lipinski definition) is 3. The Morgan fingerprint density at radius 1 is 1.11 bits per heavy atom. The molecule has 1 aliphatic heterocycles. The monoisotopic (exact) mass is 381 g/mol. The maximum Gasteiger partial charge on any atom is 0.255 e. The fourth-order valence-corrected chi connectivity index (χ4v) is 3.35. The highest BCUT2D eigenvalue weighted by atomic mass is 32.1. The number of methoxy groups -OCH3 is 1. The third-order valence-corrected chi connectivity index (χ3v) is 4.93. The van der Waals surface area contributed by atoms with Crippen molar-refractivity contribution in [3.63, 3.8) is 0 Å². The van der Waals surface area contributed by atoms with Gasteiger partial charge in [0.15, 0.2) is 5.11 Å². The maximum absolute atomic E-state index is 13.1. The summed E-state index contributed by atoms with van der Waals surface area (Å²) in [6.45, 7) is 5.93. The Morgan fingerprint density at radius 2 is 1.89 bits per heavy atom. The van der Waals surface area contributed by atoms with E-state index < -0.39 is 0 Å². The van der Waals surface area contributed by atoms with E-state index in [-0.39, 0.29) is 11.9 Å². The number of hydrogen-bond acceptors (Lipinski definition) is 3. The number of carbonyl (C=O) groups is 1. The lowest BCUT2D eigenvalue weighted by atomic mass is 9.94. The zero-order valence-corrected chi connectivity index (χ0v) is 16.7. The molecule has 0 bridgehead atoms. The van der Waals surface area contributed by atoms with E-state index in [4.69, 9.17) is 17.0 Å². The molecule has 0 aliphatic carbocycles. The minimum Gasteiger partial charge on any atom is -0.497 e. The van der Waals surface area contributed by atoms with E-state index in [0.29, 0.717) is 10.7 Å². The van der Waals surface area contributed by atoms with Crippen LogP contribution in [-0.2, 0) is 4.79 Å². The van der Waals surface area contributed by atoms with Crippen molar-refractivity contribution in [2.45, 2.75) is 26.8 Å². The molecule has 0 radical (unpaired) electrons. The standard InChI is InChI=1S/C21H23N3O2S/c1-12-8-9-16(10-13(12)2)23-20(25)18-14(3)22-21(27)24-19(18)15-6-5-7-17(11-15)26-4/h5-11,19H,1-4H3,(H,23,25)(H2,22,24,27). The summed E-state index contributed by atoms with van der Waals surface area (Å²) in [5, 5.41) is 9.74. The van der Waals surface area contributed by atoms with E-state index in [9.17, 15) is 4.79 Å². The zero-order valence-electron chi connectivity index (χ0n) is 15.8. The second-order valence-electron chi connectivity index (χ2n) is 6.60. The SMILES string of the molecule is COc1cccc(C2NC(=S)NC(C)=C2C(=O)Nc2ccc(C)c(C)c2)c1. The van der Waals surface area contributed by atoms with Crippen molar-refractivity contribution in [1.29, 1.82) is 0 Å². The maximum atomic E-state index is 13.1. The van der Waals surface area contributed by atoms with Gasteiger partial charge < -0.3 is 20.7 Å². The predicted octanol–water partition coefficient (Wildman–Crippen LogP) is 3.74. The lowest BCUT2D eigenvalue weighted by Gasteiger charge is -2.30. The fourth-order valence-electron chi connectivity index (χ4n) is 3.08. The highest BCUT2D eigenvalue weighted by Gasteiger charge is 2.30. The Balaban J connectivity index is 1.95. The third-order valence-electron chi connectivity index (χ3n) is 4.71. The highest BCUT2D eigenvalue weighted by molar-refractivity contribution is 7.80. The van der Waals surface area contributed by atoms with Gasteiger partial charge in [-0.1, -0.05) is 18.2 Å². The smallest absolute Gasteiger partial charge is 0.255 e. The quantitative estimate of drug-likeness (QED) is 0.704. The van der Waals surface area contributed by atoms with Crippen LogP contribution in [0.25, 0.3) is 0 Å². The average Bonchev–Trinajstić information content (AvgIpc) is 2.64. The van der Waals surface area contributed by atoms with Crippen LogP contribution in [0.4, 0.5) is 5.69 Å². The third kappa shape index (κ3) is 4.11. The van der Waals surface area contributed by atoms with Crippen molar-refractivity contribution in [3.8, 4) is 5.75 Å². The predicted molar refractivity (Wildman–Crippen MR) is 112 cm³/mol. The molecular weight excluding hydrogens is 358 g/mol. The van der Waals surface area contributed by atoms with E-state index in [1.807, 2.05) is 63.2 Å². The molecular formula is C21H23N3O2S. The Bertz CT molecular complexity index is 937. The molecule has 1 amide bonds. The van der Waals surface area contributed by atoms with Crippen molar-refractivity contribution in [1.82, 2.24) is 10.6 Å². The van der Waals surface area contributed by atoms with Crippen LogP contribution in [0.15, 0.2) is 53.7 Å². The van der Waals surface area contributed by atoms with Gasteiger partial charge in [0, 0.05) is 11.4 Å². The molecule has 0 aromatic heterocycles. The minimum absolute atomic E-state index is 0.175. The van der Waals surface area contributed by atoms with Gasteiger partial charge in [0.05, 0.1) is 18.7 Å². The van der Waals surface area contributed by atoms with Gasteiger partial charge in [-0.2, -0.15) is 0 Å². The van der Waals surface area contributed by atoms with E-state index >= 15 is 0 Å². The second kappa shape index (κ2) is 7.80. The molecule has 2 aromatic carbocycles. The first-order valence-corrected chi connectivity index (χ1v) is 9.10. The van der Waals surface area contributed by atoms with Crippen LogP contribution < -0.4 is 20.7 Å². The van der Waals surface area contributed by atoms with Gasteiger partial charge in [-0.3, -0.25) is 4.79 Å². The molecule has 27 heavy (non-hydrogen) atoms. The van der Waals surface area contributed by atoms with E-state index in [0.717, 1.165) is 28.3 Å². The summed E-state index contributed by atoms with van der Waals surface area (Å²) in [7, 11) is 1.62. The number of thiocarbonyl (C=S) groups is 1. The van der Waals surface area contributed by atoms with E-state index in [1.165, 1.54) is 5.56 Å². The Hall–Kier alpha value is -2.86. The van der Waals surface area contributed by atoms with E-state index in [2.05, 4.69) is 16.0 Å². The summed E-state index contributed by atoms with van der Waals surface area (Å²) in [5.41, 5.74) is 5.31. The number of amides is 1. The van der Waals surface area contributed by atoms with E-state index in [1.54, 1.807) is 7.11 Å². The van der Waals surface area contributed by atoms with Crippen molar-refractivity contribution in [2.24, 2.45) is 0 Å².